The van der Waals surface area contributed by atoms with Gasteiger partial charge in [-0.15, -0.1) is 0 Å². The van der Waals surface area contributed by atoms with Crippen LogP contribution in [0, 0.1) is 18.6 Å². The normalized spacial score (nSPS) is 10.9. The fourth-order valence-corrected chi connectivity index (χ4v) is 2.53. The van der Waals surface area contributed by atoms with Gasteiger partial charge < -0.3 is 9.88 Å². The molecule has 1 amide bonds. The molecule has 0 radical (unpaired) electrons. The number of halogens is 2. The third-order valence-corrected chi connectivity index (χ3v) is 3.64. The molecule has 0 unspecified atom stereocenters. The molecule has 23 heavy (non-hydrogen) atoms. The smallest absolute Gasteiger partial charge is 0.254 e. The molecule has 118 valence electrons. The first kappa shape index (κ1) is 15.1. The highest BCUT2D eigenvalue weighted by atomic mass is 19.1. The first-order valence-electron chi connectivity index (χ1n) is 7.21. The highest BCUT2D eigenvalue weighted by Crippen LogP contribution is 2.15. The Bertz CT molecular complexity index is 873. The number of nitrogens with one attached hydrogen (secondary N) is 1. The SMILES string of the molecule is Cc1nc2ccccc2n1CCNC(=O)c1ccc(F)cc1F. The number of hydrogen-bond donors (Lipinski definition) is 1. The summed E-state index contributed by atoms with van der Waals surface area (Å²) < 4.78 is 28.4. The number of fused-ring (bicyclic) bond motifs is 1. The maximum absolute atomic E-state index is 13.6. The van der Waals surface area contributed by atoms with E-state index >= 15 is 0 Å². The van der Waals surface area contributed by atoms with Gasteiger partial charge in [-0.25, -0.2) is 13.8 Å². The number of imidazole rings is 1. The van der Waals surface area contributed by atoms with Crippen molar-refractivity contribution in [1.29, 1.82) is 0 Å². The zero-order valence-corrected chi connectivity index (χ0v) is 12.5. The van der Waals surface area contributed by atoms with E-state index in [0.717, 1.165) is 29.0 Å². The Morgan fingerprint density at radius 1 is 1.22 bits per heavy atom. The summed E-state index contributed by atoms with van der Waals surface area (Å²) in [4.78, 5) is 16.4. The van der Waals surface area contributed by atoms with E-state index in [9.17, 15) is 13.6 Å². The molecule has 4 nitrogen and oxygen atoms in total. The summed E-state index contributed by atoms with van der Waals surface area (Å²) in [6, 6.07) is 10.6. The molecule has 1 heterocycles. The van der Waals surface area contributed by atoms with E-state index in [2.05, 4.69) is 10.3 Å². The van der Waals surface area contributed by atoms with Crippen molar-refractivity contribution in [2.45, 2.75) is 13.5 Å². The molecule has 0 fully saturated rings. The quantitative estimate of drug-likeness (QED) is 0.804. The Morgan fingerprint density at radius 3 is 2.78 bits per heavy atom. The standard InChI is InChI=1S/C17H15F2N3O/c1-11-21-15-4-2-3-5-16(15)22(11)9-8-20-17(23)13-7-6-12(18)10-14(13)19/h2-7,10H,8-9H2,1H3,(H,20,23). The van der Waals surface area contributed by atoms with Crippen LogP contribution in [0.5, 0.6) is 0 Å². The molecule has 0 saturated carbocycles. The molecule has 3 rings (SSSR count). The van der Waals surface area contributed by atoms with Crippen LogP contribution in [-0.2, 0) is 6.54 Å². The number of carbonyl (C=O) groups is 1. The van der Waals surface area contributed by atoms with Crippen LogP contribution in [0.3, 0.4) is 0 Å². The van der Waals surface area contributed by atoms with Crippen LogP contribution in [0.4, 0.5) is 8.78 Å². The largest absolute Gasteiger partial charge is 0.350 e. The van der Waals surface area contributed by atoms with Crippen molar-refractivity contribution in [3.8, 4) is 0 Å². The predicted molar refractivity (Wildman–Crippen MR) is 83.2 cm³/mol. The number of aromatic nitrogens is 2. The van der Waals surface area contributed by atoms with Gasteiger partial charge in [-0.05, 0) is 31.2 Å². The number of nitrogens with zero attached hydrogens (tertiary/aromatic N) is 2. The van der Waals surface area contributed by atoms with E-state index in [1.165, 1.54) is 0 Å². The summed E-state index contributed by atoms with van der Waals surface area (Å²) in [7, 11) is 0. The molecule has 0 saturated heterocycles. The number of amides is 1. The van der Waals surface area contributed by atoms with Crippen molar-refractivity contribution in [3.05, 3.63) is 65.5 Å². The zero-order valence-electron chi connectivity index (χ0n) is 12.5. The number of carbonyl (C=O) groups excluding carboxylic acids is 1. The van der Waals surface area contributed by atoms with Crippen LogP contribution >= 0.6 is 0 Å². The van der Waals surface area contributed by atoms with Gasteiger partial charge in [0, 0.05) is 19.2 Å². The van der Waals surface area contributed by atoms with Crippen LogP contribution < -0.4 is 5.32 Å². The van der Waals surface area contributed by atoms with E-state index in [-0.39, 0.29) is 5.56 Å². The summed E-state index contributed by atoms with van der Waals surface area (Å²) in [6.45, 7) is 2.72. The molecule has 1 N–H and O–H groups in total. The van der Waals surface area contributed by atoms with Crippen molar-refractivity contribution in [2.75, 3.05) is 6.54 Å². The lowest BCUT2D eigenvalue weighted by atomic mass is 10.2. The maximum Gasteiger partial charge on any atom is 0.254 e. The lowest BCUT2D eigenvalue weighted by molar-refractivity contribution is 0.0948. The lowest BCUT2D eigenvalue weighted by Gasteiger charge is -2.09. The van der Waals surface area contributed by atoms with Crippen molar-refractivity contribution in [2.24, 2.45) is 0 Å². The van der Waals surface area contributed by atoms with Crippen LogP contribution in [0.25, 0.3) is 11.0 Å². The van der Waals surface area contributed by atoms with Gasteiger partial charge in [0.15, 0.2) is 0 Å². The van der Waals surface area contributed by atoms with Gasteiger partial charge in [-0.1, -0.05) is 12.1 Å². The summed E-state index contributed by atoms with van der Waals surface area (Å²) >= 11 is 0. The first-order valence-corrected chi connectivity index (χ1v) is 7.21. The Hall–Kier alpha value is -2.76. The lowest BCUT2D eigenvalue weighted by Crippen LogP contribution is -2.28. The second-order valence-electron chi connectivity index (χ2n) is 5.18. The Morgan fingerprint density at radius 2 is 2.00 bits per heavy atom. The molecule has 1 aromatic heterocycles. The van der Waals surface area contributed by atoms with Crippen molar-refractivity contribution in [3.63, 3.8) is 0 Å². The first-order chi connectivity index (χ1) is 11.1. The fourth-order valence-electron chi connectivity index (χ4n) is 2.53. The molecule has 2 aromatic carbocycles. The molecule has 0 atom stereocenters. The summed E-state index contributed by atoms with van der Waals surface area (Å²) in [5.41, 5.74) is 1.70. The third kappa shape index (κ3) is 3.06. The average molecular weight is 315 g/mol. The monoisotopic (exact) mass is 315 g/mol. The number of hydrogen-bond acceptors (Lipinski definition) is 2. The molecule has 0 aliphatic carbocycles. The van der Waals surface area contributed by atoms with Gasteiger partial charge in [-0.3, -0.25) is 4.79 Å². The van der Waals surface area contributed by atoms with Gasteiger partial charge in [0.2, 0.25) is 0 Å². The average Bonchev–Trinajstić information content (AvgIpc) is 2.83. The number of aryl methyl sites for hydroxylation is 1. The van der Waals surface area contributed by atoms with Gasteiger partial charge in [-0.2, -0.15) is 0 Å². The van der Waals surface area contributed by atoms with E-state index in [1.54, 1.807) is 0 Å². The Balaban J connectivity index is 1.69. The topological polar surface area (TPSA) is 46.9 Å². The molecular weight excluding hydrogens is 300 g/mol. The van der Waals surface area contributed by atoms with E-state index in [0.29, 0.717) is 19.2 Å². The molecule has 0 bridgehead atoms. The molecule has 6 heteroatoms. The molecule has 0 aliphatic rings. The van der Waals surface area contributed by atoms with Crippen LogP contribution in [0.1, 0.15) is 16.2 Å². The molecule has 0 aliphatic heterocycles. The molecule has 3 aromatic rings. The fraction of sp³-hybridized carbons (Fsp3) is 0.176. The number of para-hydroxylation sites is 2. The molecule has 0 spiro atoms. The van der Waals surface area contributed by atoms with Crippen LogP contribution in [0.2, 0.25) is 0 Å². The van der Waals surface area contributed by atoms with E-state index in [1.807, 2.05) is 35.8 Å². The van der Waals surface area contributed by atoms with Crippen molar-refractivity contribution in [1.82, 2.24) is 14.9 Å². The Kier molecular flexibility index (Phi) is 4.06. The minimum Gasteiger partial charge on any atom is -0.350 e. The highest BCUT2D eigenvalue weighted by Gasteiger charge is 2.12. The third-order valence-electron chi connectivity index (χ3n) is 3.64. The van der Waals surface area contributed by atoms with Crippen LogP contribution in [-0.4, -0.2) is 22.0 Å². The van der Waals surface area contributed by atoms with Gasteiger partial charge >= 0.3 is 0 Å². The van der Waals surface area contributed by atoms with Gasteiger partial charge in [0.1, 0.15) is 17.5 Å². The van der Waals surface area contributed by atoms with Gasteiger partial charge in [0.25, 0.3) is 5.91 Å². The van der Waals surface area contributed by atoms with Crippen molar-refractivity contribution < 1.29 is 13.6 Å². The molecular formula is C17H15F2N3O. The highest BCUT2D eigenvalue weighted by molar-refractivity contribution is 5.94. The Labute approximate surface area is 131 Å². The second kappa shape index (κ2) is 6.16. The summed E-state index contributed by atoms with van der Waals surface area (Å²) in [5, 5.41) is 2.64. The summed E-state index contributed by atoms with van der Waals surface area (Å²) in [5.74, 6) is -1.30. The van der Waals surface area contributed by atoms with Gasteiger partial charge in [0.05, 0.1) is 16.6 Å². The number of benzene rings is 2. The van der Waals surface area contributed by atoms with E-state index < -0.39 is 17.5 Å². The predicted octanol–water partition coefficient (Wildman–Crippen LogP) is 3.05. The number of rotatable bonds is 4. The maximum atomic E-state index is 13.6. The van der Waals surface area contributed by atoms with Crippen molar-refractivity contribution >= 4 is 16.9 Å². The zero-order chi connectivity index (χ0) is 16.4. The minimum atomic E-state index is -0.869. The van der Waals surface area contributed by atoms with Crippen LogP contribution in [0.15, 0.2) is 42.5 Å². The van der Waals surface area contributed by atoms with E-state index in [4.69, 9.17) is 0 Å². The summed E-state index contributed by atoms with van der Waals surface area (Å²) in [6.07, 6.45) is 0. The minimum absolute atomic E-state index is 0.168. The second-order valence-corrected chi connectivity index (χ2v) is 5.18.